The number of aliphatic hydroxyl groups excluding tert-OH is 3. The van der Waals surface area contributed by atoms with Crippen molar-refractivity contribution in [1.29, 1.82) is 0 Å². The van der Waals surface area contributed by atoms with E-state index < -0.39 is 30.1 Å². The molecule has 48 heavy (non-hydrogen) atoms. The second-order valence-electron chi connectivity index (χ2n) is 15.0. The molecule has 2 saturated heterocycles. The summed E-state index contributed by atoms with van der Waals surface area (Å²) < 4.78 is 5.96. The zero-order valence-corrected chi connectivity index (χ0v) is 28.6. The Morgan fingerprint density at radius 3 is 2.54 bits per heavy atom. The maximum Gasteiger partial charge on any atom is 0.335 e. The molecule has 3 aliphatic carbocycles. The Morgan fingerprint density at radius 2 is 1.92 bits per heavy atom. The number of hydrogen-bond donors (Lipinski definition) is 5. The Bertz CT molecular complexity index is 1510. The smallest absolute Gasteiger partial charge is 0.335 e. The number of carbonyl (C=O) groups is 2. The van der Waals surface area contributed by atoms with Gasteiger partial charge in [-0.1, -0.05) is 39.0 Å². The van der Waals surface area contributed by atoms with E-state index in [4.69, 9.17) is 9.57 Å². The molecule has 3 saturated carbocycles. The number of hydroxylamine groups is 2. The van der Waals surface area contributed by atoms with E-state index in [2.05, 4.69) is 31.0 Å². The Balaban J connectivity index is 1.31. The molecule has 262 valence electrons. The van der Waals surface area contributed by atoms with Gasteiger partial charge in [-0.05, 0) is 79.5 Å². The van der Waals surface area contributed by atoms with Crippen molar-refractivity contribution in [2.75, 3.05) is 31.8 Å². The number of methoxy groups -OCH3 is 1. The molecule has 1 amide bonds. The molecule has 2 aromatic carbocycles. The number of nitrogens with one attached hydrogen (secondary N) is 1. The molecule has 1 unspecified atom stereocenters. The molecule has 11 heteroatoms. The molecule has 0 spiro atoms. The van der Waals surface area contributed by atoms with Gasteiger partial charge in [0.2, 0.25) is 5.91 Å². The van der Waals surface area contributed by atoms with E-state index in [9.17, 15) is 30.0 Å². The number of rotatable bonds is 11. The van der Waals surface area contributed by atoms with Gasteiger partial charge in [-0.15, -0.1) is 0 Å². The number of hydrogen-bond acceptors (Lipinski definition) is 9. The summed E-state index contributed by atoms with van der Waals surface area (Å²) in [6.07, 6.45) is 2.14. The molecule has 7 rings (SSSR count). The number of carboxylic acid groups (broad SMARTS) is 1. The van der Waals surface area contributed by atoms with Crippen molar-refractivity contribution in [3.63, 3.8) is 0 Å². The number of ether oxygens (including phenoxy) is 1. The third-order valence-corrected chi connectivity index (χ3v) is 12.1. The van der Waals surface area contributed by atoms with E-state index in [1.165, 1.54) is 6.42 Å². The molecule has 2 heterocycles. The van der Waals surface area contributed by atoms with E-state index in [0.29, 0.717) is 40.2 Å². The SMILES string of the molecule is COc1c(CN2O[C@@H](CO)[C@@H]([C@H](C)O)[C@H]2C(=O)N[C@H]2C[C@H]3CC([C@@H]2C)C3(C)C)cccc1-c1cc(C(=O)O)cc(N2CCC[C@@H]2CO)c1. The molecule has 2 aliphatic heterocycles. The van der Waals surface area contributed by atoms with Crippen molar-refractivity contribution >= 4 is 17.6 Å². The van der Waals surface area contributed by atoms with Crippen LogP contribution in [0.25, 0.3) is 11.1 Å². The van der Waals surface area contributed by atoms with E-state index in [1.807, 2.05) is 24.3 Å². The number of para-hydroxylation sites is 1. The second kappa shape index (κ2) is 13.6. The van der Waals surface area contributed by atoms with Gasteiger partial charge in [0.15, 0.2) is 0 Å². The molecular formula is C37H51N3O8. The lowest BCUT2D eigenvalue weighted by Gasteiger charge is -2.62. The summed E-state index contributed by atoms with van der Waals surface area (Å²) in [5.41, 5.74) is 3.13. The van der Waals surface area contributed by atoms with E-state index in [-0.39, 0.29) is 48.7 Å². The largest absolute Gasteiger partial charge is 0.496 e. The number of carbonyl (C=O) groups excluding carboxylic acids is 1. The second-order valence-corrected chi connectivity index (χ2v) is 15.0. The zero-order chi connectivity index (χ0) is 34.5. The minimum Gasteiger partial charge on any atom is -0.496 e. The number of nitrogens with zero attached hydrogens (tertiary/aromatic N) is 2. The maximum atomic E-state index is 14.1. The molecule has 5 N–H and O–H groups in total. The Kier molecular flexibility index (Phi) is 9.81. The maximum absolute atomic E-state index is 14.1. The van der Waals surface area contributed by atoms with Gasteiger partial charge in [0, 0.05) is 35.3 Å². The highest BCUT2D eigenvalue weighted by Crippen LogP contribution is 2.61. The molecule has 0 radical (unpaired) electrons. The van der Waals surface area contributed by atoms with Crippen LogP contribution in [-0.2, 0) is 16.2 Å². The van der Waals surface area contributed by atoms with Crippen molar-refractivity contribution < 1.29 is 39.6 Å². The number of benzene rings is 2. The number of aliphatic hydroxyl groups is 3. The normalized spacial score (nSPS) is 31.7. The van der Waals surface area contributed by atoms with Gasteiger partial charge in [-0.2, -0.15) is 5.06 Å². The van der Waals surface area contributed by atoms with Crippen LogP contribution in [0.1, 0.15) is 69.3 Å². The Hall–Kier alpha value is -3.22. The van der Waals surface area contributed by atoms with Crippen LogP contribution in [0.3, 0.4) is 0 Å². The molecule has 5 fully saturated rings. The molecular weight excluding hydrogens is 614 g/mol. The van der Waals surface area contributed by atoms with Gasteiger partial charge < -0.3 is 35.4 Å². The summed E-state index contributed by atoms with van der Waals surface area (Å²) >= 11 is 0. The lowest BCUT2D eigenvalue weighted by Crippen LogP contribution is -2.62. The van der Waals surface area contributed by atoms with Crippen molar-refractivity contribution in [2.24, 2.45) is 29.1 Å². The third kappa shape index (κ3) is 6.08. The number of aromatic carboxylic acids is 1. The molecule has 2 aromatic rings. The number of amides is 1. The summed E-state index contributed by atoms with van der Waals surface area (Å²) in [6, 6.07) is 9.84. The Labute approximate surface area is 282 Å². The van der Waals surface area contributed by atoms with Gasteiger partial charge in [-0.3, -0.25) is 9.63 Å². The predicted octanol–water partition coefficient (Wildman–Crippen LogP) is 3.68. The van der Waals surface area contributed by atoms with Gasteiger partial charge in [0.25, 0.3) is 0 Å². The molecule has 11 nitrogen and oxygen atoms in total. The first-order chi connectivity index (χ1) is 22.9. The molecule has 9 atom stereocenters. The quantitative estimate of drug-likeness (QED) is 0.240. The lowest BCUT2D eigenvalue weighted by molar-refractivity contribution is -0.183. The summed E-state index contributed by atoms with van der Waals surface area (Å²) in [6.45, 7) is 8.94. The highest BCUT2D eigenvalue weighted by molar-refractivity contribution is 5.92. The lowest BCUT2D eigenvalue weighted by atomic mass is 9.45. The van der Waals surface area contributed by atoms with Crippen LogP contribution in [0.5, 0.6) is 5.75 Å². The topological polar surface area (TPSA) is 152 Å². The summed E-state index contributed by atoms with van der Waals surface area (Å²) in [5.74, 6) is -0.0284. The fraction of sp³-hybridized carbons (Fsp3) is 0.622. The van der Waals surface area contributed by atoms with Crippen LogP contribution in [0.15, 0.2) is 36.4 Å². The van der Waals surface area contributed by atoms with Crippen molar-refractivity contribution in [3.8, 4) is 16.9 Å². The van der Waals surface area contributed by atoms with Crippen molar-refractivity contribution in [3.05, 3.63) is 47.5 Å². The molecule has 2 bridgehead atoms. The van der Waals surface area contributed by atoms with E-state index >= 15 is 0 Å². The van der Waals surface area contributed by atoms with Crippen LogP contribution >= 0.6 is 0 Å². The van der Waals surface area contributed by atoms with Crippen molar-refractivity contribution in [1.82, 2.24) is 10.4 Å². The molecule has 0 aromatic heterocycles. The summed E-state index contributed by atoms with van der Waals surface area (Å²) in [5, 5.41) is 45.9. The summed E-state index contributed by atoms with van der Waals surface area (Å²) in [4.78, 5) is 34.6. The highest BCUT2D eigenvalue weighted by Gasteiger charge is 2.57. The predicted molar refractivity (Wildman–Crippen MR) is 180 cm³/mol. The Morgan fingerprint density at radius 1 is 1.15 bits per heavy atom. The van der Waals surface area contributed by atoms with Gasteiger partial charge in [0.1, 0.15) is 17.9 Å². The standard InChI is InChI=1S/C37H51N3O8/c1-20-29-15-25(37(29,3)4)16-30(20)38-35(44)33-32(21(2)43)31(19-42)48-40(33)17-22-8-6-10-28(34(22)47-5)23-12-24(36(45)46)14-27(13-23)39-11-7-9-26(39)18-41/h6,8,10,12-14,20-21,25-26,29-33,41-43H,7,9,11,15-19H2,1-5H3,(H,38,44)(H,45,46)/t20-,21-,25+,26+,29?,30-,31-,32+,33-/m0/s1. The summed E-state index contributed by atoms with van der Waals surface area (Å²) in [7, 11) is 1.55. The fourth-order valence-corrected chi connectivity index (χ4v) is 9.25. The van der Waals surface area contributed by atoms with Crippen molar-refractivity contribution in [2.45, 2.75) is 90.3 Å². The van der Waals surface area contributed by atoms with Crippen LogP contribution < -0.4 is 15.0 Å². The first kappa shape index (κ1) is 34.6. The zero-order valence-electron chi connectivity index (χ0n) is 28.6. The molecule has 5 aliphatic rings. The van der Waals surface area contributed by atoms with Crippen LogP contribution in [0, 0.1) is 29.1 Å². The van der Waals surface area contributed by atoms with Crippen LogP contribution in [0.2, 0.25) is 0 Å². The first-order valence-corrected chi connectivity index (χ1v) is 17.3. The van der Waals surface area contributed by atoms with Crippen LogP contribution in [0.4, 0.5) is 5.69 Å². The highest BCUT2D eigenvalue weighted by atomic mass is 16.7. The van der Waals surface area contributed by atoms with Gasteiger partial charge >= 0.3 is 5.97 Å². The van der Waals surface area contributed by atoms with Crippen LogP contribution in [-0.4, -0.2) is 94.6 Å². The number of carboxylic acids is 1. The number of anilines is 1. The third-order valence-electron chi connectivity index (χ3n) is 12.1. The number of fused-ring (bicyclic) bond motifs is 2. The van der Waals surface area contributed by atoms with Gasteiger partial charge in [-0.25, -0.2) is 4.79 Å². The minimum absolute atomic E-state index is 0.0168. The average Bonchev–Trinajstić information content (AvgIpc) is 3.70. The first-order valence-electron chi connectivity index (χ1n) is 17.3. The average molecular weight is 666 g/mol. The minimum atomic E-state index is -1.06. The van der Waals surface area contributed by atoms with E-state index in [1.54, 1.807) is 31.2 Å². The van der Waals surface area contributed by atoms with Gasteiger partial charge in [0.05, 0.1) is 44.6 Å². The van der Waals surface area contributed by atoms with E-state index in [0.717, 1.165) is 31.5 Å². The monoisotopic (exact) mass is 665 g/mol. The fourth-order valence-electron chi connectivity index (χ4n) is 9.25.